The molecule has 0 aromatic heterocycles. The highest BCUT2D eigenvalue weighted by Gasteiger charge is 2.12. The molecule has 1 aromatic carbocycles. The minimum atomic E-state index is -0.348. The molecule has 4 nitrogen and oxygen atoms in total. The van der Waals surface area contributed by atoms with Crippen molar-refractivity contribution in [2.24, 2.45) is 5.92 Å². The van der Waals surface area contributed by atoms with Crippen LogP contribution >= 0.6 is 12.4 Å². The first-order valence-electron chi connectivity index (χ1n) is 6.70. The normalized spacial score (nSPS) is 15.8. The van der Waals surface area contributed by atoms with E-state index in [1.54, 1.807) is 12.1 Å². The van der Waals surface area contributed by atoms with Crippen LogP contribution in [0.4, 0.5) is 5.69 Å². The van der Waals surface area contributed by atoms with Gasteiger partial charge in [-0.2, -0.15) is 0 Å². The summed E-state index contributed by atoms with van der Waals surface area (Å²) in [7, 11) is 0. The van der Waals surface area contributed by atoms with Crippen LogP contribution in [0, 0.1) is 16.0 Å². The van der Waals surface area contributed by atoms with E-state index in [9.17, 15) is 10.1 Å². The quantitative estimate of drug-likeness (QED) is 0.666. The Labute approximate surface area is 120 Å². The first-order valence-corrected chi connectivity index (χ1v) is 6.70. The molecule has 1 N–H and O–H groups in total. The average Bonchev–Trinajstić information content (AvgIpc) is 2.40. The van der Waals surface area contributed by atoms with E-state index in [2.05, 4.69) is 5.32 Å². The molecule has 1 aliphatic rings. The maximum Gasteiger partial charge on any atom is 0.269 e. The number of non-ortho nitro benzene ring substituents is 1. The molecule has 1 saturated heterocycles. The molecule has 0 bridgehead atoms. The molecule has 0 unspecified atom stereocenters. The van der Waals surface area contributed by atoms with E-state index in [1.807, 2.05) is 12.1 Å². The number of hydrogen-bond donors (Lipinski definition) is 1. The van der Waals surface area contributed by atoms with Crippen molar-refractivity contribution < 1.29 is 4.92 Å². The Morgan fingerprint density at radius 3 is 2.42 bits per heavy atom. The van der Waals surface area contributed by atoms with Gasteiger partial charge in [0.15, 0.2) is 0 Å². The zero-order chi connectivity index (χ0) is 12.8. The number of halogens is 1. The number of aryl methyl sites for hydroxylation is 1. The summed E-state index contributed by atoms with van der Waals surface area (Å²) < 4.78 is 0. The molecular weight excluding hydrogens is 264 g/mol. The van der Waals surface area contributed by atoms with Gasteiger partial charge < -0.3 is 5.32 Å². The van der Waals surface area contributed by atoms with Gasteiger partial charge >= 0.3 is 0 Å². The minimum absolute atomic E-state index is 0. The molecule has 1 aliphatic heterocycles. The highest BCUT2D eigenvalue weighted by molar-refractivity contribution is 5.85. The fraction of sp³-hybridized carbons (Fsp3) is 0.571. The van der Waals surface area contributed by atoms with Gasteiger partial charge in [0, 0.05) is 12.1 Å². The second-order valence-corrected chi connectivity index (χ2v) is 5.01. The van der Waals surface area contributed by atoms with Crippen molar-refractivity contribution >= 4 is 18.1 Å². The van der Waals surface area contributed by atoms with Crippen LogP contribution in [0.25, 0.3) is 0 Å². The molecule has 1 aromatic rings. The molecular formula is C14H21ClN2O2. The lowest BCUT2D eigenvalue weighted by Crippen LogP contribution is -2.27. The lowest BCUT2D eigenvalue weighted by atomic mass is 9.91. The summed E-state index contributed by atoms with van der Waals surface area (Å²) in [4.78, 5) is 10.2. The highest BCUT2D eigenvalue weighted by Crippen LogP contribution is 2.20. The Balaban J connectivity index is 0.00000180. The van der Waals surface area contributed by atoms with Gasteiger partial charge in [0.2, 0.25) is 0 Å². The molecule has 1 heterocycles. The Kier molecular flexibility index (Phi) is 6.81. The molecule has 0 radical (unpaired) electrons. The zero-order valence-electron chi connectivity index (χ0n) is 11.0. The maximum atomic E-state index is 10.5. The minimum Gasteiger partial charge on any atom is -0.317 e. The van der Waals surface area contributed by atoms with Crippen molar-refractivity contribution in [2.45, 2.75) is 32.1 Å². The molecule has 5 heteroatoms. The summed E-state index contributed by atoms with van der Waals surface area (Å²) in [5.41, 5.74) is 1.38. The van der Waals surface area contributed by atoms with Crippen LogP contribution < -0.4 is 5.32 Å². The Bertz CT molecular complexity index is 389. The standard InChI is InChI=1S/C14H20N2O2.ClH/c17-16(18)14-6-4-12(5-7-14)2-1-3-13-8-10-15-11-9-13;/h4-7,13,15H,1-3,8-11H2;1H. The van der Waals surface area contributed by atoms with Gasteiger partial charge in [-0.25, -0.2) is 0 Å². The highest BCUT2D eigenvalue weighted by atomic mass is 35.5. The molecule has 0 saturated carbocycles. The van der Waals surface area contributed by atoms with Crippen molar-refractivity contribution in [1.29, 1.82) is 0 Å². The Morgan fingerprint density at radius 2 is 1.84 bits per heavy atom. The van der Waals surface area contributed by atoms with Gasteiger partial charge in [0.1, 0.15) is 0 Å². The second kappa shape index (κ2) is 8.12. The summed E-state index contributed by atoms with van der Waals surface area (Å²) in [6.07, 6.45) is 6.07. The van der Waals surface area contributed by atoms with E-state index in [0.29, 0.717) is 0 Å². The van der Waals surface area contributed by atoms with Gasteiger partial charge in [-0.3, -0.25) is 10.1 Å². The number of nitrogens with one attached hydrogen (secondary N) is 1. The summed E-state index contributed by atoms with van der Waals surface area (Å²) >= 11 is 0. The Morgan fingerprint density at radius 1 is 1.21 bits per heavy atom. The van der Waals surface area contributed by atoms with E-state index >= 15 is 0 Å². The van der Waals surface area contributed by atoms with Gasteiger partial charge in [-0.05, 0) is 50.3 Å². The van der Waals surface area contributed by atoms with E-state index in [4.69, 9.17) is 0 Å². The molecule has 2 rings (SSSR count). The number of piperidine rings is 1. The van der Waals surface area contributed by atoms with Crippen molar-refractivity contribution in [3.63, 3.8) is 0 Å². The van der Waals surface area contributed by atoms with E-state index in [-0.39, 0.29) is 23.0 Å². The third-order valence-corrected chi connectivity index (χ3v) is 3.68. The monoisotopic (exact) mass is 284 g/mol. The van der Waals surface area contributed by atoms with Crippen LogP contribution in [-0.4, -0.2) is 18.0 Å². The second-order valence-electron chi connectivity index (χ2n) is 5.01. The molecule has 0 aliphatic carbocycles. The van der Waals surface area contributed by atoms with Crippen LogP contribution in [0.2, 0.25) is 0 Å². The van der Waals surface area contributed by atoms with Crippen LogP contribution in [0.3, 0.4) is 0 Å². The number of benzene rings is 1. The van der Waals surface area contributed by atoms with Crippen LogP contribution in [-0.2, 0) is 6.42 Å². The number of nitro groups is 1. The number of hydrogen-bond acceptors (Lipinski definition) is 3. The van der Waals surface area contributed by atoms with Gasteiger partial charge in [-0.15, -0.1) is 12.4 Å². The number of rotatable bonds is 5. The molecule has 1 fully saturated rings. The third kappa shape index (κ3) is 5.17. The lowest BCUT2D eigenvalue weighted by Gasteiger charge is -2.22. The largest absolute Gasteiger partial charge is 0.317 e. The van der Waals surface area contributed by atoms with Crippen LogP contribution in [0.15, 0.2) is 24.3 Å². The zero-order valence-corrected chi connectivity index (χ0v) is 11.8. The maximum absolute atomic E-state index is 10.5. The lowest BCUT2D eigenvalue weighted by molar-refractivity contribution is -0.384. The number of nitro benzene ring substituents is 1. The smallest absolute Gasteiger partial charge is 0.269 e. The van der Waals surface area contributed by atoms with E-state index in [1.165, 1.54) is 31.2 Å². The molecule has 0 spiro atoms. The van der Waals surface area contributed by atoms with Crippen LogP contribution in [0.1, 0.15) is 31.2 Å². The number of nitrogens with zero attached hydrogens (tertiary/aromatic N) is 1. The molecule has 0 amide bonds. The average molecular weight is 285 g/mol. The molecule has 106 valence electrons. The summed E-state index contributed by atoms with van der Waals surface area (Å²) in [6, 6.07) is 6.95. The molecule has 0 atom stereocenters. The predicted octanol–water partition coefficient (Wildman–Crippen LogP) is 3.34. The summed E-state index contributed by atoms with van der Waals surface area (Å²) in [5.74, 6) is 0.865. The van der Waals surface area contributed by atoms with E-state index < -0.39 is 0 Å². The van der Waals surface area contributed by atoms with E-state index in [0.717, 1.165) is 25.4 Å². The van der Waals surface area contributed by atoms with Crippen molar-refractivity contribution in [1.82, 2.24) is 5.32 Å². The third-order valence-electron chi connectivity index (χ3n) is 3.68. The topological polar surface area (TPSA) is 55.2 Å². The van der Waals surface area contributed by atoms with Crippen molar-refractivity contribution in [3.8, 4) is 0 Å². The molecule has 19 heavy (non-hydrogen) atoms. The Hall–Kier alpha value is -1.13. The van der Waals surface area contributed by atoms with Gasteiger partial charge in [-0.1, -0.05) is 18.6 Å². The first kappa shape index (κ1) is 15.9. The SMILES string of the molecule is Cl.O=[N+]([O-])c1ccc(CCCC2CCNCC2)cc1. The summed E-state index contributed by atoms with van der Waals surface area (Å²) in [5, 5.41) is 13.9. The van der Waals surface area contributed by atoms with Gasteiger partial charge in [0.05, 0.1) is 4.92 Å². The van der Waals surface area contributed by atoms with Gasteiger partial charge in [0.25, 0.3) is 5.69 Å². The predicted molar refractivity (Wildman–Crippen MR) is 78.9 cm³/mol. The fourth-order valence-corrected chi connectivity index (χ4v) is 2.55. The first-order chi connectivity index (χ1) is 8.75. The summed E-state index contributed by atoms with van der Waals surface area (Å²) in [6.45, 7) is 2.31. The fourth-order valence-electron chi connectivity index (χ4n) is 2.55. The van der Waals surface area contributed by atoms with Crippen LogP contribution in [0.5, 0.6) is 0 Å². The van der Waals surface area contributed by atoms with Crippen molar-refractivity contribution in [3.05, 3.63) is 39.9 Å². The van der Waals surface area contributed by atoms with Crippen molar-refractivity contribution in [2.75, 3.05) is 13.1 Å².